The Balaban J connectivity index is 0.00000576. The van der Waals surface area contributed by atoms with Crippen molar-refractivity contribution in [3.8, 4) is 0 Å². The second-order valence-electron chi connectivity index (χ2n) is 6.78. The van der Waals surface area contributed by atoms with Crippen LogP contribution >= 0.6 is 24.0 Å². The van der Waals surface area contributed by atoms with Gasteiger partial charge in [-0.3, -0.25) is 4.79 Å². The molecule has 1 aliphatic heterocycles. The fraction of sp³-hybridized carbons (Fsp3) is 0.889. The Hall–Kier alpha value is -0.570. The van der Waals surface area contributed by atoms with Crippen molar-refractivity contribution in [2.24, 2.45) is 4.99 Å². The van der Waals surface area contributed by atoms with E-state index in [-0.39, 0.29) is 36.4 Å². The highest BCUT2D eigenvalue weighted by molar-refractivity contribution is 14.0. The summed E-state index contributed by atoms with van der Waals surface area (Å²) in [6.07, 6.45) is 8.51. The highest BCUT2D eigenvalue weighted by Crippen LogP contribution is 2.07. The van der Waals surface area contributed by atoms with Crippen LogP contribution in [0.15, 0.2) is 4.99 Å². The van der Waals surface area contributed by atoms with Crippen LogP contribution < -0.4 is 10.6 Å². The van der Waals surface area contributed by atoms with Crippen molar-refractivity contribution in [3.05, 3.63) is 0 Å². The highest BCUT2D eigenvalue weighted by Gasteiger charge is 2.17. The minimum atomic E-state index is 0. The van der Waals surface area contributed by atoms with Crippen molar-refractivity contribution < 1.29 is 4.79 Å². The molecule has 1 rings (SSSR count). The average Bonchev–Trinajstić information content (AvgIpc) is 3.08. The van der Waals surface area contributed by atoms with Crippen molar-refractivity contribution in [1.82, 2.24) is 20.4 Å². The summed E-state index contributed by atoms with van der Waals surface area (Å²) in [5, 5.41) is 6.55. The lowest BCUT2D eigenvalue weighted by Gasteiger charge is -2.15. The van der Waals surface area contributed by atoms with Crippen LogP contribution in [-0.2, 0) is 4.79 Å². The summed E-state index contributed by atoms with van der Waals surface area (Å²) in [5.41, 5.74) is 0. The van der Waals surface area contributed by atoms with Crippen molar-refractivity contribution in [1.29, 1.82) is 0 Å². The van der Waals surface area contributed by atoms with Crippen LogP contribution in [0.4, 0.5) is 0 Å². The van der Waals surface area contributed by atoms with Gasteiger partial charge in [-0.05, 0) is 53.2 Å². The summed E-state index contributed by atoms with van der Waals surface area (Å²) in [4.78, 5) is 20.6. The van der Waals surface area contributed by atoms with Crippen LogP contribution in [0, 0.1) is 0 Å². The normalized spacial score (nSPS) is 14.6. The molecule has 0 aromatic rings. The number of carbonyl (C=O) groups is 1. The summed E-state index contributed by atoms with van der Waals surface area (Å²) in [5.74, 6) is 0.906. The SMILES string of the molecule is CCNC(=NCC(=O)N1CCCC1)NCCCCCCCN(C)C.I. The van der Waals surface area contributed by atoms with E-state index in [2.05, 4.69) is 34.6 Å². The molecule has 0 spiro atoms. The molecule has 1 amide bonds. The largest absolute Gasteiger partial charge is 0.357 e. The Morgan fingerprint density at radius 2 is 1.68 bits per heavy atom. The third-order valence-electron chi connectivity index (χ3n) is 4.25. The Bertz CT molecular complexity index is 370. The molecule has 0 saturated carbocycles. The zero-order chi connectivity index (χ0) is 17.6. The molecule has 0 radical (unpaired) electrons. The topological polar surface area (TPSA) is 60.0 Å². The van der Waals surface area contributed by atoms with Crippen molar-refractivity contribution in [3.63, 3.8) is 0 Å². The zero-order valence-electron chi connectivity index (χ0n) is 16.4. The Morgan fingerprint density at radius 3 is 2.32 bits per heavy atom. The molecule has 0 aromatic heterocycles. The van der Waals surface area contributed by atoms with E-state index in [1.54, 1.807) is 0 Å². The lowest BCUT2D eigenvalue weighted by Crippen LogP contribution is -2.39. The van der Waals surface area contributed by atoms with E-state index in [1.807, 2.05) is 11.8 Å². The van der Waals surface area contributed by atoms with Crippen LogP contribution in [0.5, 0.6) is 0 Å². The van der Waals surface area contributed by atoms with E-state index in [0.717, 1.165) is 51.4 Å². The summed E-state index contributed by atoms with van der Waals surface area (Å²) in [6, 6.07) is 0. The maximum absolute atomic E-state index is 12.0. The number of aliphatic imine (C=N–C) groups is 1. The van der Waals surface area contributed by atoms with E-state index in [4.69, 9.17) is 0 Å². The standard InChI is InChI=1S/C18H37N5O.HI/c1-4-19-18(21-16-17(24)23-14-10-11-15-23)20-12-8-6-5-7-9-13-22(2)3;/h4-16H2,1-3H3,(H2,19,20,21);1H. The van der Waals surface area contributed by atoms with Gasteiger partial charge in [0.25, 0.3) is 0 Å². The first-order chi connectivity index (χ1) is 11.6. The van der Waals surface area contributed by atoms with Crippen molar-refractivity contribution in [2.45, 2.75) is 51.9 Å². The number of amides is 1. The summed E-state index contributed by atoms with van der Waals surface area (Å²) in [6.45, 7) is 6.99. The third-order valence-corrected chi connectivity index (χ3v) is 4.25. The Kier molecular flexibility index (Phi) is 15.3. The first kappa shape index (κ1) is 24.4. The zero-order valence-corrected chi connectivity index (χ0v) is 18.7. The van der Waals surface area contributed by atoms with Crippen LogP contribution in [0.1, 0.15) is 51.9 Å². The molecule has 6 nitrogen and oxygen atoms in total. The van der Waals surface area contributed by atoms with Crippen LogP contribution in [-0.4, -0.2) is 75.0 Å². The number of carbonyl (C=O) groups excluding carboxylic acids is 1. The molecule has 0 bridgehead atoms. The van der Waals surface area contributed by atoms with Gasteiger partial charge in [0.15, 0.2) is 5.96 Å². The van der Waals surface area contributed by atoms with Gasteiger partial charge in [-0.1, -0.05) is 19.3 Å². The lowest BCUT2D eigenvalue weighted by atomic mass is 10.1. The molecule has 148 valence electrons. The lowest BCUT2D eigenvalue weighted by molar-refractivity contribution is -0.128. The van der Waals surface area contributed by atoms with Crippen LogP contribution in [0.25, 0.3) is 0 Å². The van der Waals surface area contributed by atoms with Gasteiger partial charge < -0.3 is 20.4 Å². The highest BCUT2D eigenvalue weighted by atomic mass is 127. The molecular formula is C18H38IN5O. The van der Waals surface area contributed by atoms with Gasteiger partial charge in [-0.25, -0.2) is 4.99 Å². The first-order valence-electron chi connectivity index (χ1n) is 9.58. The third kappa shape index (κ3) is 12.4. The van der Waals surface area contributed by atoms with Gasteiger partial charge in [0, 0.05) is 26.2 Å². The first-order valence-corrected chi connectivity index (χ1v) is 9.58. The Morgan fingerprint density at radius 1 is 1.04 bits per heavy atom. The molecular weight excluding hydrogens is 429 g/mol. The smallest absolute Gasteiger partial charge is 0.244 e. The molecule has 0 aliphatic carbocycles. The summed E-state index contributed by atoms with van der Waals surface area (Å²) < 4.78 is 0. The second kappa shape index (κ2) is 15.7. The average molecular weight is 467 g/mol. The van der Waals surface area contributed by atoms with Crippen LogP contribution in [0.3, 0.4) is 0 Å². The maximum Gasteiger partial charge on any atom is 0.244 e. The number of nitrogens with one attached hydrogen (secondary N) is 2. The van der Waals surface area contributed by atoms with E-state index >= 15 is 0 Å². The quantitative estimate of drug-likeness (QED) is 0.212. The molecule has 2 N–H and O–H groups in total. The second-order valence-corrected chi connectivity index (χ2v) is 6.78. The van der Waals surface area contributed by atoms with Gasteiger partial charge in [0.2, 0.25) is 5.91 Å². The predicted molar refractivity (Wildman–Crippen MR) is 117 cm³/mol. The Labute approximate surface area is 171 Å². The summed E-state index contributed by atoms with van der Waals surface area (Å²) >= 11 is 0. The number of hydrogen-bond acceptors (Lipinski definition) is 3. The van der Waals surface area contributed by atoms with Gasteiger partial charge in [0.1, 0.15) is 6.54 Å². The fourth-order valence-electron chi connectivity index (χ4n) is 2.85. The molecule has 0 aromatic carbocycles. The van der Waals surface area contributed by atoms with Crippen molar-refractivity contribution >= 4 is 35.8 Å². The van der Waals surface area contributed by atoms with Crippen LogP contribution in [0.2, 0.25) is 0 Å². The number of likely N-dealkylation sites (tertiary alicyclic amines) is 1. The van der Waals surface area contributed by atoms with E-state index in [0.29, 0.717) is 0 Å². The monoisotopic (exact) mass is 467 g/mol. The predicted octanol–water partition coefficient (Wildman–Crippen LogP) is 2.29. The number of halogens is 1. The van der Waals surface area contributed by atoms with E-state index in [1.165, 1.54) is 32.2 Å². The molecule has 7 heteroatoms. The molecule has 1 aliphatic rings. The molecule has 1 heterocycles. The number of nitrogens with zero attached hydrogens (tertiary/aromatic N) is 3. The van der Waals surface area contributed by atoms with Crippen molar-refractivity contribution in [2.75, 3.05) is 53.4 Å². The summed E-state index contributed by atoms with van der Waals surface area (Å²) in [7, 11) is 4.25. The van der Waals surface area contributed by atoms with Gasteiger partial charge in [0.05, 0.1) is 0 Å². The van der Waals surface area contributed by atoms with E-state index in [9.17, 15) is 4.79 Å². The molecule has 25 heavy (non-hydrogen) atoms. The number of rotatable bonds is 11. The van der Waals surface area contributed by atoms with Gasteiger partial charge in [-0.2, -0.15) is 0 Å². The molecule has 1 fully saturated rings. The van der Waals surface area contributed by atoms with E-state index < -0.39 is 0 Å². The van der Waals surface area contributed by atoms with Gasteiger partial charge in [-0.15, -0.1) is 24.0 Å². The molecule has 1 saturated heterocycles. The number of unbranched alkanes of at least 4 members (excludes halogenated alkanes) is 4. The van der Waals surface area contributed by atoms with Gasteiger partial charge >= 0.3 is 0 Å². The minimum Gasteiger partial charge on any atom is -0.357 e. The molecule has 0 atom stereocenters. The molecule has 0 unspecified atom stereocenters. The number of guanidine groups is 1. The fourth-order valence-corrected chi connectivity index (χ4v) is 2.85. The minimum absolute atomic E-state index is 0. The number of hydrogen-bond donors (Lipinski definition) is 2. The maximum atomic E-state index is 12.0.